The monoisotopic (exact) mass is 397 g/mol. The molecule has 0 aliphatic carbocycles. The Bertz CT molecular complexity index is 1150. The zero-order valence-corrected chi connectivity index (χ0v) is 16.9. The maximum atomic E-state index is 12.1. The van der Waals surface area contributed by atoms with Gasteiger partial charge in [0.25, 0.3) is 0 Å². The molecule has 0 saturated carbocycles. The average molecular weight is 398 g/mol. The minimum absolute atomic E-state index is 0.0393. The van der Waals surface area contributed by atoms with Crippen molar-refractivity contribution in [2.24, 2.45) is 0 Å². The molecule has 8 heteroatoms. The highest BCUT2D eigenvalue weighted by Gasteiger charge is 2.14. The summed E-state index contributed by atoms with van der Waals surface area (Å²) in [6.07, 6.45) is 0.390. The Morgan fingerprint density at radius 1 is 1.22 bits per heavy atom. The van der Waals surface area contributed by atoms with Crippen LogP contribution in [0.1, 0.15) is 23.2 Å². The molecule has 3 aromatic heterocycles. The predicted molar refractivity (Wildman–Crippen MR) is 111 cm³/mol. The Labute approximate surface area is 165 Å². The minimum atomic E-state index is -0.0393. The molecule has 3 heterocycles. The molecule has 0 unspecified atom stereocenters. The van der Waals surface area contributed by atoms with Crippen molar-refractivity contribution in [3.8, 4) is 0 Å². The maximum Gasteiger partial charge on any atom is 0.226 e. The number of hydrogen-bond donors (Lipinski definition) is 1. The number of carbonyl (C=O) groups is 1. The summed E-state index contributed by atoms with van der Waals surface area (Å²) >= 11 is 2.98. The SMILES string of the molecule is Cc1csc(NC(=O)CCSc2nnc3cc(C)c4cccc(C)c4n23)n1. The van der Waals surface area contributed by atoms with Gasteiger partial charge < -0.3 is 5.32 Å². The van der Waals surface area contributed by atoms with E-state index in [-0.39, 0.29) is 5.91 Å². The summed E-state index contributed by atoms with van der Waals surface area (Å²) in [5, 5.41) is 16.1. The van der Waals surface area contributed by atoms with Crippen molar-refractivity contribution in [3.63, 3.8) is 0 Å². The lowest BCUT2D eigenvalue weighted by molar-refractivity contribution is -0.115. The van der Waals surface area contributed by atoms with Crippen molar-refractivity contribution in [3.05, 3.63) is 46.5 Å². The first kappa shape index (κ1) is 17.9. The highest BCUT2D eigenvalue weighted by Crippen LogP contribution is 2.28. The predicted octanol–water partition coefficient (Wildman–Crippen LogP) is 4.39. The number of nitrogens with one attached hydrogen (secondary N) is 1. The summed E-state index contributed by atoms with van der Waals surface area (Å²) in [5.41, 5.74) is 5.24. The number of benzene rings is 1. The summed E-state index contributed by atoms with van der Waals surface area (Å²) in [4.78, 5) is 16.4. The molecule has 27 heavy (non-hydrogen) atoms. The number of thiazole rings is 1. The second-order valence-electron chi connectivity index (χ2n) is 6.42. The second-order valence-corrected chi connectivity index (χ2v) is 8.34. The van der Waals surface area contributed by atoms with Crippen LogP contribution in [-0.2, 0) is 4.79 Å². The van der Waals surface area contributed by atoms with Crippen LogP contribution in [0.3, 0.4) is 0 Å². The van der Waals surface area contributed by atoms with Crippen LogP contribution in [0, 0.1) is 20.8 Å². The van der Waals surface area contributed by atoms with E-state index in [2.05, 4.69) is 63.0 Å². The van der Waals surface area contributed by atoms with Crippen LogP contribution in [0.15, 0.2) is 34.8 Å². The number of carbonyl (C=O) groups excluding carboxylic acids is 1. The van der Waals surface area contributed by atoms with E-state index >= 15 is 0 Å². The fourth-order valence-corrected chi connectivity index (χ4v) is 4.64. The summed E-state index contributed by atoms with van der Waals surface area (Å²) in [6, 6.07) is 8.34. The molecule has 0 aliphatic rings. The largest absolute Gasteiger partial charge is 0.302 e. The second kappa shape index (κ2) is 7.28. The Hall–Kier alpha value is -2.45. The van der Waals surface area contributed by atoms with Crippen LogP contribution in [-0.4, -0.2) is 31.2 Å². The van der Waals surface area contributed by atoms with Gasteiger partial charge in [0.15, 0.2) is 15.9 Å². The lowest BCUT2D eigenvalue weighted by Crippen LogP contribution is -2.12. The molecule has 0 radical (unpaired) electrons. The molecule has 0 spiro atoms. The molecule has 4 aromatic rings. The first-order valence-corrected chi connectivity index (χ1v) is 10.5. The highest BCUT2D eigenvalue weighted by atomic mass is 32.2. The van der Waals surface area contributed by atoms with E-state index in [1.165, 1.54) is 27.8 Å². The van der Waals surface area contributed by atoms with Crippen LogP contribution >= 0.6 is 23.1 Å². The van der Waals surface area contributed by atoms with Gasteiger partial charge >= 0.3 is 0 Å². The zero-order valence-electron chi connectivity index (χ0n) is 15.3. The van der Waals surface area contributed by atoms with Gasteiger partial charge in [0.2, 0.25) is 5.91 Å². The lowest BCUT2D eigenvalue weighted by atomic mass is 10.1. The molecule has 6 nitrogen and oxygen atoms in total. The van der Waals surface area contributed by atoms with Crippen molar-refractivity contribution < 1.29 is 4.79 Å². The fourth-order valence-electron chi connectivity index (χ4n) is 3.05. The molecule has 1 aromatic carbocycles. The molecule has 1 amide bonds. The third-order valence-corrected chi connectivity index (χ3v) is 6.12. The number of hydrogen-bond acceptors (Lipinski definition) is 6. The van der Waals surface area contributed by atoms with E-state index in [9.17, 15) is 4.79 Å². The number of para-hydroxylation sites is 1. The van der Waals surface area contributed by atoms with Crippen LogP contribution in [0.4, 0.5) is 5.13 Å². The van der Waals surface area contributed by atoms with Crippen molar-refractivity contribution in [2.45, 2.75) is 32.3 Å². The lowest BCUT2D eigenvalue weighted by Gasteiger charge is -2.09. The number of rotatable bonds is 5. The smallest absolute Gasteiger partial charge is 0.226 e. The number of thioether (sulfide) groups is 1. The van der Waals surface area contributed by atoms with Crippen molar-refractivity contribution >= 4 is 50.7 Å². The summed E-state index contributed by atoms with van der Waals surface area (Å²) in [7, 11) is 0. The highest BCUT2D eigenvalue weighted by molar-refractivity contribution is 7.99. The van der Waals surface area contributed by atoms with Crippen LogP contribution < -0.4 is 5.32 Å². The third-order valence-electron chi connectivity index (χ3n) is 4.32. The van der Waals surface area contributed by atoms with E-state index in [4.69, 9.17) is 0 Å². The van der Waals surface area contributed by atoms with Gasteiger partial charge in [-0.05, 0) is 38.0 Å². The average Bonchev–Trinajstić information content (AvgIpc) is 3.21. The van der Waals surface area contributed by atoms with Crippen molar-refractivity contribution in [1.29, 1.82) is 0 Å². The first-order chi connectivity index (χ1) is 13.0. The number of nitrogens with zero attached hydrogens (tertiary/aromatic N) is 4. The van der Waals surface area contributed by atoms with Crippen LogP contribution in [0.5, 0.6) is 0 Å². The first-order valence-electron chi connectivity index (χ1n) is 8.62. The number of aryl methyl sites for hydroxylation is 3. The van der Waals surface area contributed by atoms with Gasteiger partial charge in [-0.15, -0.1) is 21.5 Å². The quantitative estimate of drug-likeness (QED) is 0.506. The molecule has 1 N–H and O–H groups in total. The zero-order chi connectivity index (χ0) is 19.0. The number of anilines is 1. The molecular formula is C19H19N5OS2. The summed E-state index contributed by atoms with van der Waals surface area (Å²) in [6.45, 7) is 6.10. The molecule has 0 fully saturated rings. The number of fused-ring (bicyclic) bond motifs is 3. The van der Waals surface area contributed by atoms with E-state index in [1.807, 2.05) is 12.3 Å². The summed E-state index contributed by atoms with van der Waals surface area (Å²) in [5.74, 6) is 0.584. The summed E-state index contributed by atoms with van der Waals surface area (Å²) < 4.78 is 2.09. The Morgan fingerprint density at radius 3 is 2.85 bits per heavy atom. The Balaban J connectivity index is 1.53. The van der Waals surface area contributed by atoms with Gasteiger partial charge in [-0.1, -0.05) is 30.0 Å². The molecule has 0 aliphatic heterocycles. The molecular weight excluding hydrogens is 378 g/mol. The Morgan fingerprint density at radius 2 is 2.07 bits per heavy atom. The van der Waals surface area contributed by atoms with Gasteiger partial charge in [-0.3, -0.25) is 9.20 Å². The van der Waals surface area contributed by atoms with Gasteiger partial charge in [0, 0.05) is 22.9 Å². The normalized spacial score (nSPS) is 11.4. The van der Waals surface area contributed by atoms with E-state index in [1.54, 1.807) is 11.8 Å². The number of amides is 1. The molecule has 0 saturated heterocycles. The van der Waals surface area contributed by atoms with E-state index in [0.29, 0.717) is 17.3 Å². The van der Waals surface area contributed by atoms with E-state index in [0.717, 1.165) is 22.0 Å². The molecule has 0 atom stereocenters. The topological polar surface area (TPSA) is 72.2 Å². The Kier molecular flexibility index (Phi) is 4.84. The van der Waals surface area contributed by atoms with Crippen molar-refractivity contribution in [1.82, 2.24) is 19.6 Å². The third kappa shape index (κ3) is 3.54. The fraction of sp³-hybridized carbons (Fsp3) is 0.263. The van der Waals surface area contributed by atoms with Gasteiger partial charge in [0.05, 0.1) is 11.2 Å². The van der Waals surface area contributed by atoms with Gasteiger partial charge in [-0.25, -0.2) is 4.98 Å². The van der Waals surface area contributed by atoms with Crippen LogP contribution in [0.25, 0.3) is 16.6 Å². The molecule has 4 rings (SSSR count). The minimum Gasteiger partial charge on any atom is -0.302 e. The number of pyridine rings is 1. The van der Waals surface area contributed by atoms with Crippen LogP contribution in [0.2, 0.25) is 0 Å². The van der Waals surface area contributed by atoms with E-state index < -0.39 is 0 Å². The molecule has 138 valence electrons. The number of aromatic nitrogens is 4. The molecule has 0 bridgehead atoms. The standard InChI is InChI=1S/C19H19N5OS2/c1-11-5-4-6-14-12(2)9-15-22-23-19(24(15)17(11)14)26-8-7-16(25)21-18-20-13(3)10-27-18/h4-6,9-10H,7-8H2,1-3H3,(H,20,21,25). The van der Waals surface area contributed by atoms with Gasteiger partial charge in [0.1, 0.15) is 0 Å². The maximum absolute atomic E-state index is 12.1. The van der Waals surface area contributed by atoms with Gasteiger partial charge in [-0.2, -0.15) is 0 Å². The van der Waals surface area contributed by atoms with Crippen molar-refractivity contribution in [2.75, 3.05) is 11.1 Å².